The number of ether oxygens (including phenoxy) is 4. The van der Waals surface area contributed by atoms with Gasteiger partial charge in [0, 0.05) is 25.7 Å². The Labute approximate surface area is 562 Å². The summed E-state index contributed by atoms with van der Waals surface area (Å²) >= 11 is 0. The van der Waals surface area contributed by atoms with Crippen molar-refractivity contribution in [3.05, 3.63) is 0 Å². The predicted molar refractivity (Wildman–Crippen MR) is 372 cm³/mol. The molecule has 0 aliphatic carbocycles. The molecule has 0 spiro atoms. The molecule has 6 atom stereocenters. The highest BCUT2D eigenvalue weighted by Gasteiger charge is 2.30. The Morgan fingerprint density at radius 1 is 0.315 bits per heavy atom. The zero-order valence-electron chi connectivity index (χ0n) is 59.9. The molecular formula is C73H142O17P2. The lowest BCUT2D eigenvalue weighted by atomic mass is 9.99. The van der Waals surface area contributed by atoms with E-state index in [0.717, 1.165) is 108 Å². The topological polar surface area (TPSA) is 237 Å². The molecule has 0 bridgehead atoms. The molecular weight excluding hydrogens is 1210 g/mol. The van der Waals surface area contributed by atoms with Crippen molar-refractivity contribution in [1.82, 2.24) is 0 Å². The van der Waals surface area contributed by atoms with E-state index in [2.05, 4.69) is 41.5 Å². The van der Waals surface area contributed by atoms with Gasteiger partial charge in [0.25, 0.3) is 0 Å². The van der Waals surface area contributed by atoms with Crippen LogP contribution in [0.4, 0.5) is 0 Å². The first kappa shape index (κ1) is 90.1. The van der Waals surface area contributed by atoms with Crippen molar-refractivity contribution in [2.75, 3.05) is 39.6 Å². The van der Waals surface area contributed by atoms with Gasteiger partial charge in [-0.1, -0.05) is 324 Å². The van der Waals surface area contributed by atoms with Crippen LogP contribution in [0.15, 0.2) is 0 Å². The molecule has 546 valence electrons. The van der Waals surface area contributed by atoms with Gasteiger partial charge >= 0.3 is 39.5 Å². The maximum absolute atomic E-state index is 13.1. The predicted octanol–water partition coefficient (Wildman–Crippen LogP) is 21.2. The number of rotatable bonds is 72. The Morgan fingerprint density at radius 2 is 0.554 bits per heavy atom. The van der Waals surface area contributed by atoms with E-state index >= 15 is 0 Å². The smallest absolute Gasteiger partial charge is 0.462 e. The number of unbranched alkanes of at least 4 members (excludes halogenated alkanes) is 41. The van der Waals surface area contributed by atoms with E-state index in [4.69, 9.17) is 37.0 Å². The minimum absolute atomic E-state index is 0.107. The summed E-state index contributed by atoms with van der Waals surface area (Å²) in [5.74, 6) is -0.524. The molecule has 0 aliphatic heterocycles. The van der Waals surface area contributed by atoms with Gasteiger partial charge in [-0.15, -0.1) is 0 Å². The van der Waals surface area contributed by atoms with Crippen LogP contribution >= 0.6 is 15.6 Å². The van der Waals surface area contributed by atoms with E-state index in [1.165, 1.54) is 186 Å². The zero-order valence-corrected chi connectivity index (χ0v) is 61.6. The van der Waals surface area contributed by atoms with Crippen molar-refractivity contribution in [3.63, 3.8) is 0 Å². The van der Waals surface area contributed by atoms with Gasteiger partial charge in [0.1, 0.15) is 19.3 Å². The van der Waals surface area contributed by atoms with Crippen molar-refractivity contribution in [2.45, 2.75) is 394 Å². The quantitative estimate of drug-likeness (QED) is 0.0222. The Bertz CT molecular complexity index is 1790. The van der Waals surface area contributed by atoms with Crippen molar-refractivity contribution in [3.8, 4) is 0 Å². The van der Waals surface area contributed by atoms with E-state index in [-0.39, 0.29) is 25.7 Å². The molecule has 92 heavy (non-hydrogen) atoms. The monoisotopic (exact) mass is 1350 g/mol. The second-order valence-corrected chi connectivity index (χ2v) is 30.0. The van der Waals surface area contributed by atoms with Crippen LogP contribution in [0.2, 0.25) is 0 Å². The fourth-order valence-electron chi connectivity index (χ4n) is 11.1. The fraction of sp³-hybridized carbons (Fsp3) is 0.945. The van der Waals surface area contributed by atoms with Crippen molar-refractivity contribution in [1.29, 1.82) is 0 Å². The number of hydrogen-bond acceptors (Lipinski definition) is 15. The van der Waals surface area contributed by atoms with Crippen LogP contribution in [0, 0.1) is 11.8 Å². The van der Waals surface area contributed by atoms with Crippen LogP contribution in [0.3, 0.4) is 0 Å². The molecule has 0 aromatic rings. The van der Waals surface area contributed by atoms with Crippen LogP contribution in [0.1, 0.15) is 375 Å². The maximum atomic E-state index is 13.1. The van der Waals surface area contributed by atoms with E-state index in [9.17, 15) is 43.2 Å². The van der Waals surface area contributed by atoms with Crippen LogP contribution in [0.5, 0.6) is 0 Å². The van der Waals surface area contributed by atoms with E-state index in [1.54, 1.807) is 0 Å². The molecule has 0 aromatic carbocycles. The highest BCUT2D eigenvalue weighted by Crippen LogP contribution is 2.45. The maximum Gasteiger partial charge on any atom is 0.472 e. The standard InChI is InChI=1S/C73H142O17P2/c1-7-10-12-14-16-18-19-20-23-26-33-39-45-51-57-72(77)89-68(61-83-70(75)55-49-43-37-17-15-13-11-8-2)63-87-91(79,80)85-59-67(74)60-86-92(81,82)88-64-69(62-84-71(76)56-50-44-38-32-29-28-31-36-42-48-54-66(6)9-3)90-73(78)58-52-46-40-34-27-24-21-22-25-30-35-41-47-53-65(4)5/h65-69,74H,7-64H2,1-6H3,(H,79,80)(H,81,82)/t66?,67-,68+,69+/m0/s1. The second-order valence-electron chi connectivity index (χ2n) is 27.1. The van der Waals surface area contributed by atoms with Crippen molar-refractivity contribution >= 4 is 39.5 Å². The van der Waals surface area contributed by atoms with E-state index in [0.29, 0.717) is 25.7 Å². The van der Waals surface area contributed by atoms with E-state index in [1.807, 2.05) is 0 Å². The van der Waals surface area contributed by atoms with Gasteiger partial charge in [0.15, 0.2) is 12.2 Å². The number of esters is 4. The molecule has 0 amide bonds. The summed E-state index contributed by atoms with van der Waals surface area (Å²) in [5, 5.41) is 10.6. The lowest BCUT2D eigenvalue weighted by molar-refractivity contribution is -0.161. The summed E-state index contributed by atoms with van der Waals surface area (Å²) < 4.78 is 68.4. The summed E-state index contributed by atoms with van der Waals surface area (Å²) in [6, 6.07) is 0. The average molecular weight is 1350 g/mol. The van der Waals surface area contributed by atoms with Crippen LogP contribution in [-0.2, 0) is 65.4 Å². The van der Waals surface area contributed by atoms with Crippen LogP contribution in [-0.4, -0.2) is 96.7 Å². The first-order valence-electron chi connectivity index (χ1n) is 38.0. The summed E-state index contributed by atoms with van der Waals surface area (Å²) in [5.41, 5.74) is 0. The summed E-state index contributed by atoms with van der Waals surface area (Å²) in [4.78, 5) is 72.6. The molecule has 0 rings (SSSR count). The molecule has 0 aliphatic rings. The number of phosphoric acid groups is 2. The SMILES string of the molecule is CCCCCCCCCCCCCCCCC(=O)O[C@H](COC(=O)CCCCCCCCCC)COP(=O)(O)OC[C@H](O)COP(=O)(O)OC[C@@H](COC(=O)CCCCCCCCCCCCC(C)CC)OC(=O)CCCCCCCCCCCCCCCC(C)C. The lowest BCUT2D eigenvalue weighted by Crippen LogP contribution is -2.30. The van der Waals surface area contributed by atoms with Gasteiger partial charge in [-0.3, -0.25) is 37.3 Å². The second kappa shape index (κ2) is 65.0. The van der Waals surface area contributed by atoms with Crippen molar-refractivity contribution in [2.24, 2.45) is 11.8 Å². The van der Waals surface area contributed by atoms with Gasteiger partial charge < -0.3 is 33.8 Å². The van der Waals surface area contributed by atoms with Crippen LogP contribution < -0.4 is 0 Å². The van der Waals surface area contributed by atoms with Gasteiger partial charge in [0.05, 0.1) is 26.4 Å². The number of carbonyl (C=O) groups excluding carboxylic acids is 4. The molecule has 3 unspecified atom stereocenters. The highest BCUT2D eigenvalue weighted by molar-refractivity contribution is 7.47. The number of aliphatic hydroxyl groups excluding tert-OH is 1. The third-order valence-electron chi connectivity index (χ3n) is 17.3. The fourth-order valence-corrected chi connectivity index (χ4v) is 12.7. The Hall–Kier alpha value is -1.94. The first-order valence-corrected chi connectivity index (χ1v) is 41.0. The molecule has 0 saturated heterocycles. The Morgan fingerprint density at radius 3 is 0.826 bits per heavy atom. The Balaban J connectivity index is 5.23. The Kier molecular flexibility index (Phi) is 63.7. The number of phosphoric ester groups is 2. The van der Waals surface area contributed by atoms with Gasteiger partial charge in [0.2, 0.25) is 0 Å². The first-order chi connectivity index (χ1) is 44.4. The third-order valence-corrected chi connectivity index (χ3v) is 19.2. The van der Waals surface area contributed by atoms with Gasteiger partial charge in [-0.25, -0.2) is 9.13 Å². The van der Waals surface area contributed by atoms with Crippen molar-refractivity contribution < 1.29 is 80.2 Å². The molecule has 0 saturated carbocycles. The lowest BCUT2D eigenvalue weighted by Gasteiger charge is -2.21. The van der Waals surface area contributed by atoms with Crippen LogP contribution in [0.25, 0.3) is 0 Å². The largest absolute Gasteiger partial charge is 0.472 e. The highest BCUT2D eigenvalue weighted by atomic mass is 31.2. The normalized spacial score (nSPS) is 14.4. The summed E-state index contributed by atoms with van der Waals surface area (Å²) in [7, 11) is -9.90. The van der Waals surface area contributed by atoms with Gasteiger partial charge in [-0.05, 0) is 37.5 Å². The molecule has 0 heterocycles. The zero-order chi connectivity index (χ0) is 67.9. The molecule has 3 N–H and O–H groups in total. The number of aliphatic hydroxyl groups is 1. The minimum atomic E-state index is -4.95. The molecule has 17 nitrogen and oxygen atoms in total. The third kappa shape index (κ3) is 65.4. The van der Waals surface area contributed by atoms with Gasteiger partial charge in [-0.2, -0.15) is 0 Å². The molecule has 0 radical (unpaired) electrons. The molecule has 0 fully saturated rings. The number of carbonyl (C=O) groups is 4. The average Bonchev–Trinajstić information content (AvgIpc) is 3.14. The minimum Gasteiger partial charge on any atom is -0.462 e. The summed E-state index contributed by atoms with van der Waals surface area (Å²) in [6.07, 6.45) is 51.2. The molecule has 19 heteroatoms. The number of hydrogen-bond donors (Lipinski definition) is 3. The molecule has 0 aromatic heterocycles. The summed E-state index contributed by atoms with van der Waals surface area (Å²) in [6.45, 7) is 9.60. The van der Waals surface area contributed by atoms with E-state index < -0.39 is 97.5 Å².